The van der Waals surface area contributed by atoms with E-state index in [1.807, 2.05) is 0 Å². The van der Waals surface area contributed by atoms with E-state index in [-0.39, 0.29) is 0 Å². The molecule has 7 heavy (non-hydrogen) atoms. The molecule has 5 heteroatoms. The van der Waals surface area contributed by atoms with Crippen molar-refractivity contribution in [3.05, 3.63) is 12.3 Å². The van der Waals surface area contributed by atoms with Gasteiger partial charge in [0.2, 0.25) is 9.76 Å². The second kappa shape index (κ2) is 6.57. The van der Waals surface area contributed by atoms with Gasteiger partial charge in [-0.3, -0.25) is 0 Å². The first-order valence-electron chi connectivity index (χ1n) is 1.61. The van der Waals surface area contributed by atoms with Gasteiger partial charge in [-0.15, -0.1) is 6.58 Å². The zero-order chi connectivity index (χ0) is 5.54. The van der Waals surface area contributed by atoms with E-state index in [0.717, 1.165) is 8.55 Å². The molecule has 0 amide bonds. The Morgan fingerprint density at radius 3 is 2.86 bits per heavy atom. The Morgan fingerprint density at radius 2 is 2.43 bits per heavy atom. The predicted octanol–water partition coefficient (Wildman–Crippen LogP) is -0.912. The molecule has 0 unspecified atom stereocenters. The largest absolute Gasteiger partial charge is 0.456 e. The van der Waals surface area contributed by atoms with Crippen molar-refractivity contribution in [1.82, 2.24) is 0 Å². The Kier molecular flexibility index (Phi) is 7.10. The molecule has 9 radical (unpaired) electrons. The third-order valence-electron chi connectivity index (χ3n) is 0.244. The fourth-order valence-electron chi connectivity index (χ4n) is 0.0966. The summed E-state index contributed by atoms with van der Waals surface area (Å²) in [6.07, 6.45) is 0. The maximum absolute atomic E-state index is 5.03. The predicted molar refractivity (Wildman–Crippen MR) is 34.3 cm³/mol. The van der Waals surface area contributed by atoms with E-state index in [0.29, 0.717) is 19.0 Å². The molecule has 0 spiro atoms. The minimum absolute atomic E-state index is 0.474. The fourth-order valence-corrected chi connectivity index (χ4v) is 3.24. The van der Waals surface area contributed by atoms with Crippen LogP contribution in [-0.2, 0) is 4.12 Å². The molecule has 0 saturated heterocycles. The Bertz CT molecular complexity index is 47.0. The molecule has 0 aliphatic rings. The van der Waals surface area contributed by atoms with Crippen LogP contribution in [0.4, 0.5) is 0 Å². The number of rotatable bonds is 4. The van der Waals surface area contributed by atoms with E-state index in [9.17, 15) is 0 Å². The van der Waals surface area contributed by atoms with Crippen LogP contribution in [0.3, 0.4) is 0 Å². The maximum Gasteiger partial charge on any atom is 0.247 e. The van der Waals surface area contributed by atoms with Gasteiger partial charge in [0.25, 0.3) is 0 Å². The van der Waals surface area contributed by atoms with Crippen LogP contribution in [0.25, 0.3) is 0 Å². The highest BCUT2D eigenvalue weighted by atomic mass is 29.5. The standard InChI is InChI=1S/C2H3OSi4/c1-2-5-3-6-7-4/h2H,1H2. The molecular weight excluding hydrogens is 152 g/mol. The fraction of sp³-hybridized carbons (Fsp3) is 0. The summed E-state index contributed by atoms with van der Waals surface area (Å²) in [6, 6.07) is 0. The first-order valence-corrected chi connectivity index (χ1v) is 7.00. The molecule has 0 aromatic rings. The lowest BCUT2D eigenvalue weighted by Crippen LogP contribution is -2.09. The van der Waals surface area contributed by atoms with Gasteiger partial charge in [-0.05, 0) is 0 Å². The molecule has 0 N–H and O–H groups in total. The van der Waals surface area contributed by atoms with Crippen molar-refractivity contribution in [3.8, 4) is 0 Å². The van der Waals surface area contributed by atoms with Crippen LogP contribution >= 0.6 is 0 Å². The summed E-state index contributed by atoms with van der Waals surface area (Å²) >= 11 is 0. The van der Waals surface area contributed by atoms with Crippen LogP contribution in [0.1, 0.15) is 0 Å². The van der Waals surface area contributed by atoms with E-state index in [1.54, 1.807) is 5.70 Å². The molecular formula is C2H3OSi4. The Morgan fingerprint density at radius 1 is 1.71 bits per heavy atom. The van der Waals surface area contributed by atoms with Crippen molar-refractivity contribution >= 4 is 37.4 Å². The summed E-state index contributed by atoms with van der Waals surface area (Å²) in [6.45, 7) is 3.51. The van der Waals surface area contributed by atoms with Crippen molar-refractivity contribution < 1.29 is 4.12 Å². The second-order valence-corrected chi connectivity index (χ2v) is 6.18. The van der Waals surface area contributed by atoms with E-state index in [2.05, 4.69) is 16.3 Å². The van der Waals surface area contributed by atoms with Crippen LogP contribution in [0.15, 0.2) is 12.3 Å². The number of hydrogen-bond donors (Lipinski definition) is 0. The van der Waals surface area contributed by atoms with Crippen LogP contribution in [0.5, 0.6) is 0 Å². The molecule has 0 atom stereocenters. The second-order valence-electron chi connectivity index (χ2n) is 0.651. The van der Waals surface area contributed by atoms with Crippen molar-refractivity contribution in [3.63, 3.8) is 0 Å². The highest BCUT2D eigenvalue weighted by molar-refractivity contribution is 7.22. The molecule has 0 aliphatic carbocycles. The smallest absolute Gasteiger partial charge is 0.247 e. The first-order chi connectivity index (χ1) is 3.41. The van der Waals surface area contributed by atoms with Crippen LogP contribution in [0.2, 0.25) is 0 Å². The van der Waals surface area contributed by atoms with E-state index in [4.69, 9.17) is 4.12 Å². The van der Waals surface area contributed by atoms with Gasteiger partial charge in [-0.25, -0.2) is 0 Å². The lowest BCUT2D eigenvalue weighted by molar-refractivity contribution is 0.668. The normalized spacial score (nSPS) is 8.71. The SMILES string of the molecule is C=C[Si]O[Si][Si][Si]. The first kappa shape index (κ1) is 7.57. The van der Waals surface area contributed by atoms with Gasteiger partial charge >= 0.3 is 0 Å². The number of hydrogen-bond acceptors (Lipinski definition) is 1. The zero-order valence-corrected chi connectivity index (χ0v) is 7.69. The molecule has 33 valence electrons. The topological polar surface area (TPSA) is 9.23 Å². The van der Waals surface area contributed by atoms with Gasteiger partial charge < -0.3 is 4.12 Å². The molecule has 0 aromatic heterocycles. The van der Waals surface area contributed by atoms with Crippen molar-refractivity contribution in [1.29, 1.82) is 0 Å². The van der Waals surface area contributed by atoms with E-state index >= 15 is 0 Å². The van der Waals surface area contributed by atoms with E-state index in [1.165, 1.54) is 0 Å². The van der Waals surface area contributed by atoms with Crippen molar-refractivity contribution in [2.45, 2.75) is 0 Å². The van der Waals surface area contributed by atoms with Crippen LogP contribution < -0.4 is 0 Å². The molecule has 0 rings (SSSR count). The summed E-state index contributed by atoms with van der Waals surface area (Å²) in [5, 5.41) is 0. The highest BCUT2D eigenvalue weighted by Crippen LogP contribution is 1.61. The lowest BCUT2D eigenvalue weighted by atomic mass is 11.3. The van der Waals surface area contributed by atoms with Crippen molar-refractivity contribution in [2.75, 3.05) is 0 Å². The summed E-state index contributed by atoms with van der Waals surface area (Å²) in [7, 11) is 5.12. The Labute approximate surface area is 54.2 Å². The highest BCUT2D eigenvalue weighted by Gasteiger charge is 1.82. The average molecular weight is 155 g/mol. The van der Waals surface area contributed by atoms with Gasteiger partial charge in [0.05, 0.1) is 0 Å². The molecule has 0 saturated carbocycles. The summed E-state index contributed by atoms with van der Waals surface area (Å²) in [5.74, 6) is 0. The monoisotopic (exact) mass is 155 g/mol. The lowest BCUT2D eigenvalue weighted by Gasteiger charge is -1.88. The van der Waals surface area contributed by atoms with Gasteiger partial charge in [-0.1, -0.05) is 5.70 Å². The average Bonchev–Trinajstić information content (AvgIpc) is 1.69. The van der Waals surface area contributed by atoms with E-state index < -0.39 is 0 Å². The molecule has 1 nitrogen and oxygen atoms in total. The van der Waals surface area contributed by atoms with Crippen LogP contribution in [-0.4, -0.2) is 37.4 Å². The third-order valence-corrected chi connectivity index (χ3v) is 3.54. The van der Waals surface area contributed by atoms with Crippen LogP contribution in [0, 0.1) is 0 Å². The van der Waals surface area contributed by atoms with Gasteiger partial charge in [0.1, 0.15) is 0 Å². The molecule has 0 fully saturated rings. The quantitative estimate of drug-likeness (QED) is 0.377. The summed E-state index contributed by atoms with van der Waals surface area (Å²) in [4.78, 5) is 0. The minimum atomic E-state index is 0.474. The van der Waals surface area contributed by atoms with Crippen molar-refractivity contribution in [2.24, 2.45) is 0 Å². The zero-order valence-electron chi connectivity index (χ0n) is 3.69. The Hall–Kier alpha value is 0.568. The minimum Gasteiger partial charge on any atom is -0.456 e. The summed E-state index contributed by atoms with van der Waals surface area (Å²) in [5.41, 5.74) is 1.78. The van der Waals surface area contributed by atoms with Gasteiger partial charge in [0, 0.05) is 18.3 Å². The van der Waals surface area contributed by atoms with Gasteiger partial charge in [-0.2, -0.15) is 0 Å². The molecule has 0 bridgehead atoms. The molecule has 0 heterocycles. The maximum atomic E-state index is 5.03. The third kappa shape index (κ3) is 6.57. The molecule has 0 aromatic carbocycles. The van der Waals surface area contributed by atoms with Gasteiger partial charge in [0.15, 0.2) is 9.28 Å². The molecule has 0 aliphatic heterocycles. The Balaban J connectivity index is 2.56. The summed E-state index contributed by atoms with van der Waals surface area (Å²) < 4.78 is 5.03.